The van der Waals surface area contributed by atoms with Gasteiger partial charge < -0.3 is 4.74 Å². The van der Waals surface area contributed by atoms with Crippen molar-refractivity contribution in [1.29, 1.82) is 0 Å². The van der Waals surface area contributed by atoms with Crippen molar-refractivity contribution in [3.63, 3.8) is 0 Å². The van der Waals surface area contributed by atoms with Gasteiger partial charge in [0.25, 0.3) is 0 Å². The molecule has 1 aromatic heterocycles. The van der Waals surface area contributed by atoms with Crippen LogP contribution in [0.1, 0.15) is 16.7 Å². The first kappa shape index (κ1) is 11.4. The van der Waals surface area contributed by atoms with Gasteiger partial charge in [-0.25, -0.2) is 0 Å². The van der Waals surface area contributed by atoms with Crippen molar-refractivity contribution in [1.82, 2.24) is 4.98 Å². The third-order valence-corrected chi connectivity index (χ3v) is 2.38. The molecule has 0 amide bonds. The lowest BCUT2D eigenvalue weighted by atomic mass is 10.1. The second-order valence-corrected chi connectivity index (χ2v) is 3.70. The van der Waals surface area contributed by atoms with E-state index in [1.807, 2.05) is 36.4 Å². The van der Waals surface area contributed by atoms with Crippen molar-refractivity contribution in [3.05, 3.63) is 65.5 Å². The Morgan fingerprint density at radius 3 is 2.47 bits per heavy atom. The number of hydrogen-bond donors (Lipinski definition) is 0. The Bertz CT molecular complexity index is 497. The fourth-order valence-electron chi connectivity index (χ4n) is 1.47. The van der Waals surface area contributed by atoms with E-state index in [-0.39, 0.29) is 0 Å². The van der Waals surface area contributed by atoms with E-state index < -0.39 is 0 Å². The van der Waals surface area contributed by atoms with Crippen LogP contribution in [0.4, 0.5) is 0 Å². The maximum atomic E-state index is 5.59. The number of terminal acetylenes is 1. The maximum absolute atomic E-state index is 5.59. The van der Waals surface area contributed by atoms with E-state index >= 15 is 0 Å². The molecule has 2 aromatic rings. The van der Waals surface area contributed by atoms with Crippen LogP contribution in [-0.4, -0.2) is 4.98 Å². The summed E-state index contributed by atoms with van der Waals surface area (Å²) in [5, 5.41) is 0. The van der Waals surface area contributed by atoms with Crippen molar-refractivity contribution in [3.8, 4) is 12.3 Å². The van der Waals surface area contributed by atoms with Crippen molar-refractivity contribution in [2.75, 3.05) is 0 Å². The van der Waals surface area contributed by atoms with Crippen LogP contribution >= 0.6 is 0 Å². The lowest BCUT2D eigenvalue weighted by molar-refractivity contribution is 0.107. The van der Waals surface area contributed by atoms with Gasteiger partial charge in [0.2, 0.25) is 0 Å². The number of benzene rings is 1. The fraction of sp³-hybridized carbons (Fsp3) is 0.133. The van der Waals surface area contributed by atoms with Gasteiger partial charge in [-0.1, -0.05) is 24.1 Å². The molecular formula is C15H13NO. The van der Waals surface area contributed by atoms with Gasteiger partial charge in [-0.2, -0.15) is 0 Å². The largest absolute Gasteiger partial charge is 0.372 e. The first-order chi connectivity index (χ1) is 8.38. The van der Waals surface area contributed by atoms with Gasteiger partial charge in [-0.3, -0.25) is 4.98 Å². The van der Waals surface area contributed by atoms with Crippen LogP contribution in [-0.2, 0) is 18.0 Å². The minimum Gasteiger partial charge on any atom is -0.372 e. The third-order valence-electron chi connectivity index (χ3n) is 2.38. The third kappa shape index (κ3) is 3.44. The van der Waals surface area contributed by atoms with Gasteiger partial charge in [0.1, 0.15) is 0 Å². The number of nitrogens with zero attached hydrogens (tertiary/aromatic N) is 1. The number of ether oxygens (including phenoxy) is 1. The Morgan fingerprint density at radius 2 is 1.82 bits per heavy atom. The molecule has 1 aromatic carbocycles. The number of pyridine rings is 1. The van der Waals surface area contributed by atoms with Gasteiger partial charge in [-0.15, -0.1) is 6.42 Å². The Balaban J connectivity index is 1.84. The summed E-state index contributed by atoms with van der Waals surface area (Å²) in [6.45, 7) is 1.16. The predicted octanol–water partition coefficient (Wildman–Crippen LogP) is 2.78. The first-order valence-corrected chi connectivity index (χ1v) is 5.40. The normalized spacial score (nSPS) is 9.82. The van der Waals surface area contributed by atoms with Crippen LogP contribution < -0.4 is 0 Å². The molecular weight excluding hydrogens is 210 g/mol. The molecule has 0 spiro atoms. The molecule has 0 saturated heterocycles. The van der Waals surface area contributed by atoms with Gasteiger partial charge in [0, 0.05) is 18.0 Å². The molecule has 0 fully saturated rings. The smallest absolute Gasteiger partial charge is 0.0736 e. The summed E-state index contributed by atoms with van der Waals surface area (Å²) in [7, 11) is 0. The summed E-state index contributed by atoms with van der Waals surface area (Å²) >= 11 is 0. The molecule has 0 unspecified atom stereocenters. The molecule has 0 aliphatic carbocycles. The second kappa shape index (κ2) is 5.83. The van der Waals surface area contributed by atoms with Crippen LogP contribution in [0.3, 0.4) is 0 Å². The molecule has 0 radical (unpaired) electrons. The quantitative estimate of drug-likeness (QED) is 0.743. The van der Waals surface area contributed by atoms with Crippen LogP contribution in [0.25, 0.3) is 0 Å². The number of rotatable bonds is 4. The SMILES string of the molecule is C#Cc1ccc(COCc2cccnc2)cc1. The monoisotopic (exact) mass is 223 g/mol. The molecule has 2 rings (SSSR count). The molecule has 2 nitrogen and oxygen atoms in total. The number of hydrogen-bond acceptors (Lipinski definition) is 2. The molecule has 0 N–H and O–H groups in total. The molecule has 2 heteroatoms. The van der Waals surface area contributed by atoms with Crippen LogP contribution in [0.15, 0.2) is 48.8 Å². The maximum Gasteiger partial charge on any atom is 0.0736 e. The molecule has 0 saturated carbocycles. The van der Waals surface area contributed by atoms with Gasteiger partial charge >= 0.3 is 0 Å². The summed E-state index contributed by atoms with van der Waals surface area (Å²) in [6.07, 6.45) is 8.85. The minimum atomic E-state index is 0.574. The highest BCUT2D eigenvalue weighted by Gasteiger charge is 1.95. The summed E-state index contributed by atoms with van der Waals surface area (Å²) in [4.78, 5) is 4.03. The van der Waals surface area contributed by atoms with E-state index in [0.29, 0.717) is 13.2 Å². The van der Waals surface area contributed by atoms with E-state index in [2.05, 4.69) is 10.9 Å². The van der Waals surface area contributed by atoms with E-state index in [1.54, 1.807) is 12.4 Å². The molecule has 0 aliphatic rings. The highest BCUT2D eigenvalue weighted by atomic mass is 16.5. The summed E-state index contributed by atoms with van der Waals surface area (Å²) in [5.41, 5.74) is 3.08. The molecule has 17 heavy (non-hydrogen) atoms. The first-order valence-electron chi connectivity index (χ1n) is 5.40. The van der Waals surface area contributed by atoms with Crippen molar-refractivity contribution >= 4 is 0 Å². The van der Waals surface area contributed by atoms with Gasteiger partial charge in [0.05, 0.1) is 13.2 Å². The minimum absolute atomic E-state index is 0.574. The van der Waals surface area contributed by atoms with E-state index in [9.17, 15) is 0 Å². The zero-order valence-corrected chi connectivity index (χ0v) is 9.47. The van der Waals surface area contributed by atoms with E-state index in [1.165, 1.54) is 0 Å². The van der Waals surface area contributed by atoms with Crippen molar-refractivity contribution in [2.45, 2.75) is 13.2 Å². The average Bonchev–Trinajstić information content (AvgIpc) is 2.41. The lowest BCUT2D eigenvalue weighted by Gasteiger charge is -2.04. The van der Waals surface area contributed by atoms with Crippen LogP contribution in [0.2, 0.25) is 0 Å². The highest BCUT2D eigenvalue weighted by molar-refractivity contribution is 5.33. The Morgan fingerprint density at radius 1 is 1.06 bits per heavy atom. The molecule has 0 atom stereocenters. The summed E-state index contributed by atoms with van der Waals surface area (Å²) in [5.74, 6) is 2.59. The molecule has 0 bridgehead atoms. The Kier molecular flexibility index (Phi) is 3.90. The predicted molar refractivity (Wildman–Crippen MR) is 67.1 cm³/mol. The van der Waals surface area contributed by atoms with E-state index in [4.69, 9.17) is 11.2 Å². The summed E-state index contributed by atoms with van der Waals surface area (Å²) < 4.78 is 5.59. The molecule has 84 valence electrons. The lowest BCUT2D eigenvalue weighted by Crippen LogP contribution is -1.94. The fourth-order valence-corrected chi connectivity index (χ4v) is 1.47. The van der Waals surface area contributed by atoms with Gasteiger partial charge in [0.15, 0.2) is 0 Å². The summed E-state index contributed by atoms with van der Waals surface area (Å²) in [6, 6.07) is 11.7. The average molecular weight is 223 g/mol. The number of aromatic nitrogens is 1. The standard InChI is InChI=1S/C15H13NO/c1-2-13-5-7-14(8-6-13)11-17-12-15-4-3-9-16-10-15/h1,3-10H,11-12H2. The van der Waals surface area contributed by atoms with Crippen molar-refractivity contribution < 1.29 is 4.74 Å². The van der Waals surface area contributed by atoms with Crippen LogP contribution in [0, 0.1) is 12.3 Å². The topological polar surface area (TPSA) is 22.1 Å². The van der Waals surface area contributed by atoms with Crippen LogP contribution in [0.5, 0.6) is 0 Å². The Hall–Kier alpha value is -2.11. The van der Waals surface area contributed by atoms with Gasteiger partial charge in [-0.05, 0) is 29.3 Å². The molecule has 0 aliphatic heterocycles. The van der Waals surface area contributed by atoms with E-state index in [0.717, 1.165) is 16.7 Å². The zero-order valence-electron chi connectivity index (χ0n) is 9.47. The molecule has 1 heterocycles. The highest BCUT2D eigenvalue weighted by Crippen LogP contribution is 2.06. The van der Waals surface area contributed by atoms with Crippen molar-refractivity contribution in [2.24, 2.45) is 0 Å². The second-order valence-electron chi connectivity index (χ2n) is 3.70. The Labute approximate surface area is 101 Å². The zero-order chi connectivity index (χ0) is 11.9.